The molecular formula is C9H16ClN3. The van der Waals surface area contributed by atoms with E-state index in [1.165, 1.54) is 0 Å². The predicted molar refractivity (Wildman–Crippen MR) is 53.9 cm³/mol. The molecule has 1 rings (SSSR count). The Kier molecular flexibility index (Phi) is 4.22. The molecule has 0 spiro atoms. The molecule has 74 valence electrons. The lowest BCUT2D eigenvalue weighted by Gasteiger charge is -2.07. The molecule has 1 aromatic heterocycles. The maximum Gasteiger partial charge on any atom is 0.138 e. The van der Waals surface area contributed by atoms with Crippen LogP contribution in [0.15, 0.2) is 6.33 Å². The Labute approximate surface area is 84.1 Å². The van der Waals surface area contributed by atoms with Crippen molar-refractivity contribution in [1.29, 1.82) is 0 Å². The average Bonchev–Trinajstić information content (AvgIpc) is 2.54. The standard InChI is InChI=1S/C9H16ClN3/c1-3-4-13-9(11-7-12-13)5-8(2)6-10/h7-8H,3-6H2,1-2H3. The molecule has 0 saturated heterocycles. The van der Waals surface area contributed by atoms with Gasteiger partial charge in [0.1, 0.15) is 12.2 Å². The number of aryl methyl sites for hydroxylation is 1. The molecule has 0 bridgehead atoms. The number of halogens is 1. The molecule has 0 fully saturated rings. The molecule has 13 heavy (non-hydrogen) atoms. The van der Waals surface area contributed by atoms with Gasteiger partial charge in [-0.3, -0.25) is 4.68 Å². The highest BCUT2D eigenvalue weighted by molar-refractivity contribution is 6.18. The molecule has 0 aliphatic heterocycles. The van der Waals surface area contributed by atoms with E-state index in [0.717, 1.165) is 25.2 Å². The third-order valence-electron chi connectivity index (χ3n) is 1.93. The fourth-order valence-electron chi connectivity index (χ4n) is 1.21. The predicted octanol–water partition coefficient (Wildman–Crippen LogP) is 2.11. The van der Waals surface area contributed by atoms with E-state index in [1.54, 1.807) is 6.33 Å². The lowest BCUT2D eigenvalue weighted by atomic mass is 10.1. The summed E-state index contributed by atoms with van der Waals surface area (Å²) in [5.74, 6) is 2.20. The zero-order valence-electron chi connectivity index (χ0n) is 8.20. The first-order valence-electron chi connectivity index (χ1n) is 4.70. The van der Waals surface area contributed by atoms with Gasteiger partial charge in [0.25, 0.3) is 0 Å². The minimum Gasteiger partial charge on any atom is -0.250 e. The highest BCUT2D eigenvalue weighted by Gasteiger charge is 2.07. The summed E-state index contributed by atoms with van der Waals surface area (Å²) in [5.41, 5.74) is 0. The highest BCUT2D eigenvalue weighted by Crippen LogP contribution is 2.07. The van der Waals surface area contributed by atoms with E-state index in [-0.39, 0.29) is 0 Å². The van der Waals surface area contributed by atoms with E-state index in [4.69, 9.17) is 11.6 Å². The first kappa shape index (κ1) is 10.5. The molecule has 0 aromatic carbocycles. The lowest BCUT2D eigenvalue weighted by Crippen LogP contribution is -2.10. The largest absolute Gasteiger partial charge is 0.250 e. The van der Waals surface area contributed by atoms with Gasteiger partial charge in [-0.15, -0.1) is 11.6 Å². The van der Waals surface area contributed by atoms with Gasteiger partial charge in [-0.1, -0.05) is 13.8 Å². The van der Waals surface area contributed by atoms with Gasteiger partial charge in [-0.25, -0.2) is 4.98 Å². The summed E-state index contributed by atoms with van der Waals surface area (Å²) in [6, 6.07) is 0. The second-order valence-corrected chi connectivity index (χ2v) is 3.67. The van der Waals surface area contributed by atoms with Crippen LogP contribution in [0.5, 0.6) is 0 Å². The summed E-state index contributed by atoms with van der Waals surface area (Å²) in [6.07, 6.45) is 3.63. The van der Waals surface area contributed by atoms with Crippen LogP contribution < -0.4 is 0 Å². The fraction of sp³-hybridized carbons (Fsp3) is 0.778. The summed E-state index contributed by atoms with van der Waals surface area (Å²) in [6.45, 7) is 5.21. The Hall–Kier alpha value is -0.570. The van der Waals surface area contributed by atoms with E-state index in [0.29, 0.717) is 11.8 Å². The summed E-state index contributed by atoms with van der Waals surface area (Å²) < 4.78 is 1.96. The number of alkyl halides is 1. The minimum atomic E-state index is 0.474. The molecule has 0 saturated carbocycles. The molecule has 0 aliphatic carbocycles. The van der Waals surface area contributed by atoms with Crippen molar-refractivity contribution < 1.29 is 0 Å². The van der Waals surface area contributed by atoms with Crippen molar-refractivity contribution in [1.82, 2.24) is 14.8 Å². The maximum absolute atomic E-state index is 5.74. The normalized spacial score (nSPS) is 13.2. The van der Waals surface area contributed by atoms with Gasteiger partial charge in [0.2, 0.25) is 0 Å². The van der Waals surface area contributed by atoms with Crippen molar-refractivity contribution in [3.05, 3.63) is 12.2 Å². The zero-order valence-corrected chi connectivity index (χ0v) is 8.96. The fourth-order valence-corrected chi connectivity index (χ4v) is 1.32. The van der Waals surface area contributed by atoms with Gasteiger partial charge >= 0.3 is 0 Å². The minimum absolute atomic E-state index is 0.474. The second-order valence-electron chi connectivity index (χ2n) is 3.36. The van der Waals surface area contributed by atoms with Crippen molar-refractivity contribution in [3.63, 3.8) is 0 Å². The van der Waals surface area contributed by atoms with E-state index < -0.39 is 0 Å². The SMILES string of the molecule is CCCn1ncnc1CC(C)CCl. The van der Waals surface area contributed by atoms with Gasteiger partial charge in [0.05, 0.1) is 0 Å². The summed E-state index contributed by atoms with van der Waals surface area (Å²) >= 11 is 5.74. The number of nitrogens with zero attached hydrogens (tertiary/aromatic N) is 3. The van der Waals surface area contributed by atoms with Crippen LogP contribution >= 0.6 is 11.6 Å². The van der Waals surface area contributed by atoms with Gasteiger partial charge in [0, 0.05) is 18.8 Å². The van der Waals surface area contributed by atoms with E-state index in [2.05, 4.69) is 23.9 Å². The number of aromatic nitrogens is 3. The lowest BCUT2D eigenvalue weighted by molar-refractivity contribution is 0.531. The monoisotopic (exact) mass is 201 g/mol. The molecule has 1 aromatic rings. The van der Waals surface area contributed by atoms with Crippen LogP contribution in [-0.2, 0) is 13.0 Å². The highest BCUT2D eigenvalue weighted by atomic mass is 35.5. The first-order valence-corrected chi connectivity index (χ1v) is 5.24. The van der Waals surface area contributed by atoms with E-state index in [1.807, 2.05) is 4.68 Å². The smallest absolute Gasteiger partial charge is 0.138 e. The van der Waals surface area contributed by atoms with Crippen molar-refractivity contribution >= 4 is 11.6 Å². The molecular weight excluding hydrogens is 186 g/mol. The van der Waals surface area contributed by atoms with Crippen molar-refractivity contribution in [2.45, 2.75) is 33.2 Å². The van der Waals surface area contributed by atoms with E-state index in [9.17, 15) is 0 Å². The first-order chi connectivity index (χ1) is 6.27. The van der Waals surface area contributed by atoms with Crippen LogP contribution in [0, 0.1) is 5.92 Å². The van der Waals surface area contributed by atoms with Gasteiger partial charge in [-0.05, 0) is 12.3 Å². The Morgan fingerprint density at radius 1 is 1.62 bits per heavy atom. The van der Waals surface area contributed by atoms with Crippen molar-refractivity contribution in [2.24, 2.45) is 5.92 Å². The molecule has 0 aliphatic rings. The maximum atomic E-state index is 5.74. The number of hydrogen-bond acceptors (Lipinski definition) is 2. The van der Waals surface area contributed by atoms with E-state index >= 15 is 0 Å². The number of hydrogen-bond donors (Lipinski definition) is 0. The Morgan fingerprint density at radius 3 is 3.00 bits per heavy atom. The van der Waals surface area contributed by atoms with Crippen LogP contribution in [0.1, 0.15) is 26.1 Å². The van der Waals surface area contributed by atoms with Crippen LogP contribution in [0.2, 0.25) is 0 Å². The molecule has 1 unspecified atom stereocenters. The van der Waals surface area contributed by atoms with Gasteiger partial charge in [-0.2, -0.15) is 5.10 Å². The summed E-state index contributed by atoms with van der Waals surface area (Å²) in [7, 11) is 0. The average molecular weight is 202 g/mol. The van der Waals surface area contributed by atoms with Gasteiger partial charge in [0.15, 0.2) is 0 Å². The molecule has 0 N–H and O–H groups in total. The topological polar surface area (TPSA) is 30.7 Å². The molecule has 4 heteroatoms. The van der Waals surface area contributed by atoms with Gasteiger partial charge < -0.3 is 0 Å². The third kappa shape index (κ3) is 2.99. The van der Waals surface area contributed by atoms with Crippen LogP contribution in [-0.4, -0.2) is 20.6 Å². The van der Waals surface area contributed by atoms with Crippen LogP contribution in [0.4, 0.5) is 0 Å². The molecule has 1 atom stereocenters. The van der Waals surface area contributed by atoms with Crippen molar-refractivity contribution in [2.75, 3.05) is 5.88 Å². The van der Waals surface area contributed by atoms with Crippen molar-refractivity contribution in [3.8, 4) is 0 Å². The van der Waals surface area contributed by atoms with Crippen LogP contribution in [0.3, 0.4) is 0 Å². The summed E-state index contributed by atoms with van der Waals surface area (Å²) in [4.78, 5) is 4.22. The second kappa shape index (κ2) is 5.22. The zero-order chi connectivity index (χ0) is 9.68. The molecule has 0 amide bonds. The number of rotatable bonds is 5. The Balaban J connectivity index is 2.59. The Morgan fingerprint density at radius 2 is 2.38 bits per heavy atom. The summed E-state index contributed by atoms with van der Waals surface area (Å²) in [5, 5.41) is 4.16. The molecule has 1 heterocycles. The Bertz CT molecular complexity index is 247. The molecule has 0 radical (unpaired) electrons. The van der Waals surface area contributed by atoms with Crippen LogP contribution in [0.25, 0.3) is 0 Å². The quantitative estimate of drug-likeness (QED) is 0.684. The third-order valence-corrected chi connectivity index (χ3v) is 2.45. The molecule has 3 nitrogen and oxygen atoms in total.